The summed E-state index contributed by atoms with van der Waals surface area (Å²) >= 11 is 5.57. The summed E-state index contributed by atoms with van der Waals surface area (Å²) in [6, 6.07) is 15.9. The van der Waals surface area contributed by atoms with Crippen molar-refractivity contribution in [3.8, 4) is 17.2 Å². The zero-order chi connectivity index (χ0) is 21.7. The largest absolute Gasteiger partial charge is 0.497 e. The van der Waals surface area contributed by atoms with Gasteiger partial charge in [-0.2, -0.15) is 13.2 Å². The van der Waals surface area contributed by atoms with Crippen LogP contribution >= 0.6 is 11.6 Å². The number of alkyl halides is 3. The van der Waals surface area contributed by atoms with Crippen LogP contribution in [0.25, 0.3) is 0 Å². The molecule has 2 amide bonds. The van der Waals surface area contributed by atoms with Crippen LogP contribution in [-0.4, -0.2) is 13.1 Å². The van der Waals surface area contributed by atoms with Crippen LogP contribution in [0.2, 0.25) is 5.02 Å². The smallest absolute Gasteiger partial charge is 0.417 e. The number of urea groups is 1. The molecule has 5 nitrogen and oxygen atoms in total. The van der Waals surface area contributed by atoms with E-state index in [1.54, 1.807) is 55.6 Å². The number of anilines is 2. The Hall–Kier alpha value is -3.39. The van der Waals surface area contributed by atoms with Gasteiger partial charge in [-0.05, 0) is 66.7 Å². The third-order valence-corrected chi connectivity index (χ3v) is 4.27. The standard InChI is InChI=1S/C21H16ClF3N2O3/c1-29-15-7-9-17(10-8-15)30-16-5-2-13(3-6-16)26-20(28)27-14-4-11-19(22)18(12-14)21(23,24)25/h2-12H,1H3,(H2,26,27,28). The summed E-state index contributed by atoms with van der Waals surface area (Å²) in [7, 11) is 1.57. The molecule has 0 aliphatic heterocycles. The molecular weight excluding hydrogens is 421 g/mol. The molecule has 0 unspecified atom stereocenters. The van der Waals surface area contributed by atoms with Crippen molar-refractivity contribution in [2.75, 3.05) is 17.7 Å². The van der Waals surface area contributed by atoms with Gasteiger partial charge in [0.05, 0.1) is 17.7 Å². The van der Waals surface area contributed by atoms with Gasteiger partial charge in [0.1, 0.15) is 17.2 Å². The van der Waals surface area contributed by atoms with E-state index in [1.165, 1.54) is 6.07 Å². The number of rotatable bonds is 5. The number of amides is 2. The Bertz CT molecular complexity index is 1020. The molecule has 0 saturated carbocycles. The molecule has 0 heterocycles. The number of hydrogen-bond acceptors (Lipinski definition) is 3. The van der Waals surface area contributed by atoms with Crippen molar-refractivity contribution in [2.24, 2.45) is 0 Å². The van der Waals surface area contributed by atoms with Crippen LogP contribution in [0, 0.1) is 0 Å². The maximum Gasteiger partial charge on any atom is 0.417 e. The van der Waals surface area contributed by atoms with E-state index < -0.39 is 22.8 Å². The van der Waals surface area contributed by atoms with E-state index in [9.17, 15) is 18.0 Å². The lowest BCUT2D eigenvalue weighted by Crippen LogP contribution is -2.19. The first-order valence-electron chi connectivity index (χ1n) is 8.61. The van der Waals surface area contributed by atoms with Crippen molar-refractivity contribution < 1.29 is 27.4 Å². The number of benzene rings is 3. The SMILES string of the molecule is COc1ccc(Oc2ccc(NC(=O)Nc3ccc(Cl)c(C(F)(F)F)c3)cc2)cc1. The van der Waals surface area contributed by atoms with E-state index >= 15 is 0 Å². The van der Waals surface area contributed by atoms with Crippen molar-refractivity contribution in [3.05, 3.63) is 77.3 Å². The molecule has 9 heteroatoms. The molecule has 0 bridgehead atoms. The fraction of sp³-hybridized carbons (Fsp3) is 0.0952. The number of carbonyl (C=O) groups is 1. The highest BCUT2D eigenvalue weighted by Crippen LogP contribution is 2.36. The third kappa shape index (κ3) is 5.57. The van der Waals surface area contributed by atoms with Crippen LogP contribution < -0.4 is 20.1 Å². The number of ether oxygens (including phenoxy) is 2. The molecule has 0 aliphatic rings. The Labute approximate surface area is 175 Å². The average Bonchev–Trinajstić information content (AvgIpc) is 2.70. The molecule has 30 heavy (non-hydrogen) atoms. The number of methoxy groups -OCH3 is 1. The third-order valence-electron chi connectivity index (χ3n) is 3.94. The second-order valence-corrected chi connectivity index (χ2v) is 6.48. The number of halogens is 4. The van der Waals surface area contributed by atoms with E-state index in [1.807, 2.05) is 0 Å². The first-order valence-corrected chi connectivity index (χ1v) is 8.99. The minimum atomic E-state index is -4.62. The van der Waals surface area contributed by atoms with Gasteiger partial charge in [-0.3, -0.25) is 0 Å². The quantitative estimate of drug-likeness (QED) is 0.462. The molecule has 156 valence electrons. The Morgan fingerprint density at radius 3 is 1.90 bits per heavy atom. The molecule has 0 aromatic heterocycles. The molecule has 0 radical (unpaired) electrons. The van der Waals surface area contributed by atoms with Crippen LogP contribution in [0.5, 0.6) is 17.2 Å². The average molecular weight is 437 g/mol. The van der Waals surface area contributed by atoms with Gasteiger partial charge in [-0.15, -0.1) is 0 Å². The maximum absolute atomic E-state index is 12.9. The number of hydrogen-bond donors (Lipinski definition) is 2. The van der Waals surface area contributed by atoms with E-state index in [-0.39, 0.29) is 5.69 Å². The summed E-state index contributed by atoms with van der Waals surface area (Å²) in [4.78, 5) is 12.1. The summed E-state index contributed by atoms with van der Waals surface area (Å²) in [6.07, 6.45) is -4.62. The highest BCUT2D eigenvalue weighted by molar-refractivity contribution is 6.31. The highest BCUT2D eigenvalue weighted by atomic mass is 35.5. The molecule has 2 N–H and O–H groups in total. The zero-order valence-electron chi connectivity index (χ0n) is 15.6. The summed E-state index contributed by atoms with van der Waals surface area (Å²) in [5.41, 5.74) is -0.634. The van der Waals surface area contributed by atoms with Crippen molar-refractivity contribution in [2.45, 2.75) is 6.18 Å². The Balaban J connectivity index is 1.60. The lowest BCUT2D eigenvalue weighted by atomic mass is 10.2. The Morgan fingerprint density at radius 1 is 0.833 bits per heavy atom. The molecule has 3 rings (SSSR count). The first-order chi connectivity index (χ1) is 14.2. The summed E-state index contributed by atoms with van der Waals surface area (Å²) < 4.78 is 49.5. The molecule has 0 atom stereocenters. The van der Waals surface area contributed by atoms with Gasteiger partial charge in [-0.25, -0.2) is 4.79 Å². The van der Waals surface area contributed by atoms with Gasteiger partial charge in [0.2, 0.25) is 0 Å². The predicted octanol–water partition coefficient (Wildman–Crippen LogP) is 6.80. The topological polar surface area (TPSA) is 59.6 Å². The minimum Gasteiger partial charge on any atom is -0.497 e. The monoisotopic (exact) mass is 436 g/mol. The van der Waals surface area contributed by atoms with E-state index in [2.05, 4.69) is 10.6 Å². The summed E-state index contributed by atoms with van der Waals surface area (Å²) in [6.45, 7) is 0. The normalized spacial score (nSPS) is 11.0. The molecule has 3 aromatic carbocycles. The van der Waals surface area contributed by atoms with Crippen molar-refractivity contribution in [1.82, 2.24) is 0 Å². The van der Waals surface area contributed by atoms with E-state index in [0.717, 1.165) is 12.1 Å². The lowest BCUT2D eigenvalue weighted by Gasteiger charge is -2.12. The fourth-order valence-corrected chi connectivity index (χ4v) is 2.72. The summed E-state index contributed by atoms with van der Waals surface area (Å²) in [5.74, 6) is 1.85. The van der Waals surface area contributed by atoms with Crippen molar-refractivity contribution in [1.29, 1.82) is 0 Å². The molecular formula is C21H16ClF3N2O3. The maximum atomic E-state index is 12.9. The van der Waals surface area contributed by atoms with Crippen molar-refractivity contribution >= 4 is 29.0 Å². The number of carbonyl (C=O) groups excluding carboxylic acids is 1. The molecule has 0 aliphatic carbocycles. The predicted molar refractivity (Wildman–Crippen MR) is 109 cm³/mol. The molecule has 0 spiro atoms. The van der Waals surface area contributed by atoms with Crippen LogP contribution in [0.4, 0.5) is 29.3 Å². The Morgan fingerprint density at radius 2 is 1.33 bits per heavy atom. The van der Waals surface area contributed by atoms with Gasteiger partial charge in [-0.1, -0.05) is 11.6 Å². The van der Waals surface area contributed by atoms with E-state index in [0.29, 0.717) is 22.9 Å². The molecule has 0 saturated heterocycles. The van der Waals surface area contributed by atoms with Crippen LogP contribution in [-0.2, 0) is 6.18 Å². The zero-order valence-corrected chi connectivity index (χ0v) is 16.3. The van der Waals surface area contributed by atoms with Gasteiger partial charge >= 0.3 is 12.2 Å². The van der Waals surface area contributed by atoms with Crippen LogP contribution in [0.15, 0.2) is 66.7 Å². The molecule has 3 aromatic rings. The summed E-state index contributed by atoms with van der Waals surface area (Å²) in [5, 5.41) is 4.43. The lowest BCUT2D eigenvalue weighted by molar-refractivity contribution is -0.137. The highest BCUT2D eigenvalue weighted by Gasteiger charge is 2.33. The second kappa shape index (κ2) is 8.96. The minimum absolute atomic E-state index is 0.0383. The van der Waals surface area contributed by atoms with Crippen LogP contribution in [0.1, 0.15) is 5.56 Å². The fourth-order valence-electron chi connectivity index (χ4n) is 2.50. The van der Waals surface area contributed by atoms with Gasteiger partial charge in [0, 0.05) is 11.4 Å². The second-order valence-electron chi connectivity index (χ2n) is 6.07. The first kappa shape index (κ1) is 21.3. The van der Waals surface area contributed by atoms with Crippen LogP contribution in [0.3, 0.4) is 0 Å². The van der Waals surface area contributed by atoms with Crippen molar-refractivity contribution in [3.63, 3.8) is 0 Å². The van der Waals surface area contributed by atoms with Gasteiger partial charge in [0.15, 0.2) is 0 Å². The van der Waals surface area contributed by atoms with Gasteiger partial charge in [0.25, 0.3) is 0 Å². The Kier molecular flexibility index (Phi) is 6.37. The van der Waals surface area contributed by atoms with E-state index in [4.69, 9.17) is 21.1 Å². The van der Waals surface area contributed by atoms with Gasteiger partial charge < -0.3 is 20.1 Å². The molecule has 0 fully saturated rings. The number of nitrogens with one attached hydrogen (secondary N) is 2.